The van der Waals surface area contributed by atoms with Gasteiger partial charge in [-0.05, 0) is 26.0 Å². The molecule has 0 saturated carbocycles. The SMILES string of the molecule is CCn1nc(C)cc1NC(=O)Cn1cnc2c(Nc3ccc([N+](=O)[O-])cc3)nc(N)nc21. The molecule has 3 heterocycles. The summed E-state index contributed by atoms with van der Waals surface area (Å²) in [5.41, 5.74) is 7.97. The maximum atomic E-state index is 12.6. The first-order valence-electron chi connectivity index (χ1n) is 9.68. The van der Waals surface area contributed by atoms with E-state index >= 15 is 0 Å². The minimum Gasteiger partial charge on any atom is -0.368 e. The van der Waals surface area contributed by atoms with Gasteiger partial charge in [0.2, 0.25) is 11.9 Å². The molecular weight excluding hydrogens is 416 g/mol. The molecule has 1 aromatic carbocycles. The highest BCUT2D eigenvalue weighted by Crippen LogP contribution is 2.25. The summed E-state index contributed by atoms with van der Waals surface area (Å²) < 4.78 is 3.26. The molecule has 0 unspecified atom stereocenters. The lowest BCUT2D eigenvalue weighted by Gasteiger charge is -2.09. The third-order valence-electron chi connectivity index (χ3n) is 4.61. The number of nitrogens with zero attached hydrogens (tertiary/aromatic N) is 7. The molecule has 0 bridgehead atoms. The fourth-order valence-corrected chi connectivity index (χ4v) is 3.19. The van der Waals surface area contributed by atoms with Gasteiger partial charge in [0.1, 0.15) is 12.4 Å². The van der Waals surface area contributed by atoms with Gasteiger partial charge in [-0.1, -0.05) is 0 Å². The molecule has 0 saturated heterocycles. The molecule has 13 heteroatoms. The highest BCUT2D eigenvalue weighted by molar-refractivity contribution is 5.92. The van der Waals surface area contributed by atoms with E-state index in [-0.39, 0.29) is 24.1 Å². The molecule has 4 rings (SSSR count). The molecule has 164 valence electrons. The number of nitro benzene ring substituents is 1. The number of aryl methyl sites for hydroxylation is 2. The maximum absolute atomic E-state index is 12.6. The highest BCUT2D eigenvalue weighted by Gasteiger charge is 2.16. The van der Waals surface area contributed by atoms with E-state index in [4.69, 9.17) is 5.73 Å². The summed E-state index contributed by atoms with van der Waals surface area (Å²) in [7, 11) is 0. The minimum atomic E-state index is -0.480. The molecule has 0 atom stereocenters. The first kappa shape index (κ1) is 20.7. The molecule has 3 aromatic heterocycles. The molecular formula is C19H20N10O3. The number of hydrogen-bond donors (Lipinski definition) is 3. The molecule has 4 aromatic rings. The summed E-state index contributed by atoms with van der Waals surface area (Å²) in [6.45, 7) is 4.37. The van der Waals surface area contributed by atoms with E-state index in [1.54, 1.807) is 27.4 Å². The van der Waals surface area contributed by atoms with Crippen LogP contribution in [0.3, 0.4) is 0 Å². The number of nitrogens with two attached hydrogens (primary N) is 1. The topological polar surface area (TPSA) is 172 Å². The predicted octanol–water partition coefficient (Wildman–Crippen LogP) is 2.22. The Labute approximate surface area is 181 Å². The number of imidazole rings is 1. The van der Waals surface area contributed by atoms with Crippen molar-refractivity contribution in [3.63, 3.8) is 0 Å². The van der Waals surface area contributed by atoms with Crippen LogP contribution < -0.4 is 16.4 Å². The lowest BCUT2D eigenvalue weighted by Crippen LogP contribution is -2.20. The number of rotatable bonds is 7. The number of carbonyl (C=O) groups is 1. The van der Waals surface area contributed by atoms with E-state index in [2.05, 4.69) is 30.7 Å². The molecule has 0 aliphatic carbocycles. The van der Waals surface area contributed by atoms with Crippen LogP contribution in [0, 0.1) is 17.0 Å². The number of nitro groups is 1. The molecule has 0 aliphatic heterocycles. The van der Waals surface area contributed by atoms with Crippen LogP contribution in [0.5, 0.6) is 0 Å². The summed E-state index contributed by atoms with van der Waals surface area (Å²) in [6, 6.07) is 7.63. The third-order valence-corrected chi connectivity index (χ3v) is 4.61. The molecule has 0 aliphatic rings. The highest BCUT2D eigenvalue weighted by atomic mass is 16.6. The molecule has 1 amide bonds. The van der Waals surface area contributed by atoms with Gasteiger partial charge < -0.3 is 20.9 Å². The zero-order valence-corrected chi connectivity index (χ0v) is 17.3. The second kappa shape index (κ2) is 8.29. The molecule has 4 N–H and O–H groups in total. The Bertz CT molecular complexity index is 1310. The van der Waals surface area contributed by atoms with Gasteiger partial charge in [0, 0.05) is 30.4 Å². The van der Waals surface area contributed by atoms with Gasteiger partial charge in [-0.3, -0.25) is 14.9 Å². The smallest absolute Gasteiger partial charge is 0.269 e. The van der Waals surface area contributed by atoms with E-state index in [0.29, 0.717) is 35.0 Å². The number of hydrogen-bond acceptors (Lipinski definition) is 9. The van der Waals surface area contributed by atoms with E-state index in [1.807, 2.05) is 13.8 Å². The molecule has 0 radical (unpaired) electrons. The number of nitrogen functional groups attached to an aromatic ring is 1. The molecule has 0 spiro atoms. The van der Waals surface area contributed by atoms with Crippen molar-refractivity contribution >= 4 is 46.0 Å². The summed E-state index contributed by atoms with van der Waals surface area (Å²) in [4.78, 5) is 35.7. The number of anilines is 4. The normalized spacial score (nSPS) is 10.9. The van der Waals surface area contributed by atoms with Gasteiger partial charge in [0.05, 0.1) is 16.9 Å². The second-order valence-corrected chi connectivity index (χ2v) is 6.94. The average molecular weight is 436 g/mol. The van der Waals surface area contributed by atoms with Crippen molar-refractivity contribution in [3.05, 3.63) is 52.5 Å². The van der Waals surface area contributed by atoms with Gasteiger partial charge in [0.25, 0.3) is 5.69 Å². The Morgan fingerprint density at radius 1 is 1.25 bits per heavy atom. The number of aromatic nitrogens is 6. The van der Waals surface area contributed by atoms with Crippen LogP contribution >= 0.6 is 0 Å². The van der Waals surface area contributed by atoms with Crippen LogP contribution in [0.15, 0.2) is 36.7 Å². The zero-order chi connectivity index (χ0) is 22.8. The Hall–Kier alpha value is -4.55. The standard InChI is InChI=1S/C19H20N10O3/c1-3-28-14(8-11(2)26-28)23-15(30)9-27-10-21-16-17(24-19(20)25-18(16)27)22-12-4-6-13(7-5-12)29(31)32/h4-8,10H,3,9H2,1-2H3,(H,23,30)(H3,20,22,24,25). The fourth-order valence-electron chi connectivity index (χ4n) is 3.19. The fraction of sp³-hybridized carbons (Fsp3) is 0.211. The number of carbonyl (C=O) groups excluding carboxylic acids is 1. The number of benzene rings is 1. The molecule has 32 heavy (non-hydrogen) atoms. The maximum Gasteiger partial charge on any atom is 0.269 e. The van der Waals surface area contributed by atoms with Gasteiger partial charge in [-0.2, -0.15) is 15.1 Å². The van der Waals surface area contributed by atoms with Crippen LogP contribution in [0.2, 0.25) is 0 Å². The summed E-state index contributed by atoms with van der Waals surface area (Å²) in [5, 5.41) is 21.0. The first-order chi connectivity index (χ1) is 15.3. The second-order valence-electron chi connectivity index (χ2n) is 6.94. The van der Waals surface area contributed by atoms with Crippen molar-refractivity contribution in [1.29, 1.82) is 0 Å². The predicted molar refractivity (Wildman–Crippen MR) is 117 cm³/mol. The van der Waals surface area contributed by atoms with Gasteiger partial charge in [0.15, 0.2) is 17.0 Å². The van der Waals surface area contributed by atoms with E-state index in [0.717, 1.165) is 5.69 Å². The molecule has 13 nitrogen and oxygen atoms in total. The van der Waals surface area contributed by atoms with Crippen molar-refractivity contribution in [2.75, 3.05) is 16.4 Å². The number of amides is 1. The number of fused-ring (bicyclic) bond motifs is 1. The summed E-state index contributed by atoms with van der Waals surface area (Å²) in [5.74, 6) is 0.638. The van der Waals surface area contributed by atoms with Crippen molar-refractivity contribution in [2.45, 2.75) is 26.9 Å². The van der Waals surface area contributed by atoms with Gasteiger partial charge >= 0.3 is 0 Å². The number of nitrogens with one attached hydrogen (secondary N) is 2. The summed E-state index contributed by atoms with van der Waals surface area (Å²) >= 11 is 0. The Morgan fingerprint density at radius 2 is 2.00 bits per heavy atom. The van der Waals surface area contributed by atoms with E-state index in [9.17, 15) is 14.9 Å². The van der Waals surface area contributed by atoms with Crippen LogP contribution in [0.1, 0.15) is 12.6 Å². The van der Waals surface area contributed by atoms with Crippen LogP contribution in [-0.2, 0) is 17.9 Å². The van der Waals surface area contributed by atoms with Gasteiger partial charge in [-0.15, -0.1) is 0 Å². The van der Waals surface area contributed by atoms with E-state index < -0.39 is 4.92 Å². The first-order valence-corrected chi connectivity index (χ1v) is 9.68. The lowest BCUT2D eigenvalue weighted by molar-refractivity contribution is -0.384. The monoisotopic (exact) mass is 436 g/mol. The Morgan fingerprint density at radius 3 is 2.69 bits per heavy atom. The largest absolute Gasteiger partial charge is 0.368 e. The third kappa shape index (κ3) is 4.16. The van der Waals surface area contributed by atoms with Crippen molar-refractivity contribution < 1.29 is 9.72 Å². The van der Waals surface area contributed by atoms with Crippen LogP contribution in [-0.4, -0.2) is 40.1 Å². The minimum absolute atomic E-state index is 0.0104. The Balaban J connectivity index is 1.57. The van der Waals surface area contributed by atoms with Crippen molar-refractivity contribution in [3.8, 4) is 0 Å². The quantitative estimate of drug-likeness (QED) is 0.290. The lowest BCUT2D eigenvalue weighted by atomic mass is 10.3. The van der Waals surface area contributed by atoms with Crippen molar-refractivity contribution in [1.82, 2.24) is 29.3 Å². The number of non-ortho nitro benzene ring substituents is 1. The van der Waals surface area contributed by atoms with Crippen molar-refractivity contribution in [2.24, 2.45) is 0 Å². The van der Waals surface area contributed by atoms with Crippen LogP contribution in [0.4, 0.5) is 29.0 Å². The van der Waals surface area contributed by atoms with Gasteiger partial charge in [-0.25, -0.2) is 9.67 Å². The zero-order valence-electron chi connectivity index (χ0n) is 17.3. The Kier molecular flexibility index (Phi) is 5.37. The van der Waals surface area contributed by atoms with Crippen LogP contribution in [0.25, 0.3) is 11.2 Å². The molecule has 0 fully saturated rings. The summed E-state index contributed by atoms with van der Waals surface area (Å²) in [6.07, 6.45) is 1.47. The van der Waals surface area contributed by atoms with E-state index in [1.165, 1.54) is 18.5 Å². The average Bonchev–Trinajstić information content (AvgIpc) is 3.31.